The fourth-order valence-electron chi connectivity index (χ4n) is 1.79. The first kappa shape index (κ1) is 20.3. The minimum absolute atomic E-state index is 0.148. The Labute approximate surface area is 136 Å². The SMILES string of the molecule is C=C(C)OCOC(=C)c1ccc(CN(CC)CC)cc1.CC. The summed E-state index contributed by atoms with van der Waals surface area (Å²) in [5.74, 6) is 1.24. The second-order valence-corrected chi connectivity index (χ2v) is 4.69. The van der Waals surface area contributed by atoms with Gasteiger partial charge in [0.25, 0.3) is 0 Å². The van der Waals surface area contributed by atoms with Crippen molar-refractivity contribution in [3.05, 3.63) is 54.3 Å². The summed E-state index contributed by atoms with van der Waals surface area (Å²) in [5.41, 5.74) is 2.27. The lowest BCUT2D eigenvalue weighted by Gasteiger charge is -2.18. The minimum Gasteiger partial charge on any atom is -0.463 e. The topological polar surface area (TPSA) is 21.7 Å². The molecular weight excluding hydrogens is 274 g/mol. The monoisotopic (exact) mass is 305 g/mol. The maximum absolute atomic E-state index is 5.41. The van der Waals surface area contributed by atoms with Gasteiger partial charge in [-0.25, -0.2) is 0 Å². The van der Waals surface area contributed by atoms with Crippen LogP contribution in [0.15, 0.2) is 43.2 Å². The van der Waals surface area contributed by atoms with Crippen molar-refractivity contribution in [2.45, 2.75) is 41.2 Å². The van der Waals surface area contributed by atoms with Crippen LogP contribution in [0.1, 0.15) is 45.7 Å². The highest BCUT2D eigenvalue weighted by Gasteiger charge is 2.03. The third-order valence-corrected chi connectivity index (χ3v) is 3.12. The fraction of sp³-hybridized carbons (Fsp3) is 0.474. The van der Waals surface area contributed by atoms with Crippen LogP contribution in [-0.4, -0.2) is 24.8 Å². The predicted octanol–water partition coefficient (Wildman–Crippen LogP) is 5.05. The molecule has 0 amide bonds. The molecule has 0 aliphatic heterocycles. The van der Waals surface area contributed by atoms with Gasteiger partial charge < -0.3 is 9.47 Å². The lowest BCUT2D eigenvalue weighted by Crippen LogP contribution is -2.21. The van der Waals surface area contributed by atoms with Crippen LogP contribution in [0.2, 0.25) is 0 Å². The van der Waals surface area contributed by atoms with Gasteiger partial charge in [0.15, 0.2) is 0 Å². The molecule has 0 N–H and O–H groups in total. The van der Waals surface area contributed by atoms with Crippen LogP contribution in [-0.2, 0) is 16.0 Å². The Morgan fingerprint density at radius 3 is 2.00 bits per heavy atom. The van der Waals surface area contributed by atoms with Gasteiger partial charge in [-0.15, -0.1) is 0 Å². The lowest BCUT2D eigenvalue weighted by molar-refractivity contribution is 0.0430. The van der Waals surface area contributed by atoms with E-state index in [9.17, 15) is 0 Å². The molecule has 0 bridgehead atoms. The average Bonchev–Trinajstić information content (AvgIpc) is 2.54. The average molecular weight is 305 g/mol. The van der Waals surface area contributed by atoms with Crippen LogP contribution in [0.3, 0.4) is 0 Å². The summed E-state index contributed by atoms with van der Waals surface area (Å²) >= 11 is 0. The smallest absolute Gasteiger partial charge is 0.230 e. The van der Waals surface area contributed by atoms with E-state index in [4.69, 9.17) is 9.47 Å². The number of nitrogens with zero attached hydrogens (tertiary/aromatic N) is 1. The van der Waals surface area contributed by atoms with Crippen molar-refractivity contribution >= 4 is 5.76 Å². The predicted molar refractivity (Wildman–Crippen MR) is 95.3 cm³/mol. The lowest BCUT2D eigenvalue weighted by atomic mass is 10.1. The standard InChI is InChI=1S/C17H25NO2.C2H6/c1-6-18(7-2)12-16-8-10-17(11-9-16)15(5)20-13-19-14(3)4;1-2/h8-11H,3,5-7,12-13H2,1-2,4H3;1-2H3. The molecule has 0 unspecified atom stereocenters. The number of allylic oxidation sites excluding steroid dienone is 1. The van der Waals surface area contributed by atoms with Crippen LogP contribution in [0, 0.1) is 0 Å². The molecule has 124 valence electrons. The number of hydrogen-bond donors (Lipinski definition) is 0. The van der Waals surface area contributed by atoms with E-state index in [2.05, 4.69) is 44.0 Å². The summed E-state index contributed by atoms with van der Waals surface area (Å²) < 4.78 is 10.6. The first-order chi connectivity index (χ1) is 10.6. The van der Waals surface area contributed by atoms with Crippen molar-refractivity contribution in [1.29, 1.82) is 0 Å². The number of benzene rings is 1. The summed E-state index contributed by atoms with van der Waals surface area (Å²) in [6.07, 6.45) is 0. The molecule has 3 nitrogen and oxygen atoms in total. The van der Waals surface area contributed by atoms with Crippen LogP contribution in [0.5, 0.6) is 0 Å². The Morgan fingerprint density at radius 2 is 1.55 bits per heavy atom. The van der Waals surface area contributed by atoms with Crippen LogP contribution in [0.4, 0.5) is 0 Å². The Hall–Kier alpha value is -1.74. The molecule has 0 fully saturated rings. The van der Waals surface area contributed by atoms with Crippen LogP contribution < -0.4 is 0 Å². The highest BCUT2D eigenvalue weighted by molar-refractivity contribution is 5.57. The summed E-state index contributed by atoms with van der Waals surface area (Å²) in [5, 5.41) is 0. The van der Waals surface area contributed by atoms with E-state index in [0.717, 1.165) is 25.2 Å². The maximum atomic E-state index is 5.41. The molecule has 0 saturated heterocycles. The number of hydrogen-bond acceptors (Lipinski definition) is 3. The van der Waals surface area contributed by atoms with E-state index in [1.165, 1.54) is 5.56 Å². The Kier molecular flexibility index (Phi) is 10.9. The Bertz CT molecular complexity index is 433. The van der Waals surface area contributed by atoms with E-state index in [0.29, 0.717) is 11.5 Å². The zero-order valence-electron chi connectivity index (χ0n) is 14.8. The molecule has 22 heavy (non-hydrogen) atoms. The van der Waals surface area contributed by atoms with E-state index < -0.39 is 0 Å². The molecule has 0 saturated carbocycles. The molecular formula is C19H31NO2. The second-order valence-electron chi connectivity index (χ2n) is 4.69. The van der Waals surface area contributed by atoms with Gasteiger partial charge in [0.1, 0.15) is 5.76 Å². The van der Waals surface area contributed by atoms with Crippen LogP contribution in [0.25, 0.3) is 5.76 Å². The van der Waals surface area contributed by atoms with Gasteiger partial charge in [0, 0.05) is 12.1 Å². The molecule has 1 aromatic rings. The molecule has 0 atom stereocenters. The van der Waals surface area contributed by atoms with Gasteiger partial charge in [-0.2, -0.15) is 0 Å². The van der Waals surface area contributed by atoms with Gasteiger partial charge in [-0.3, -0.25) is 4.90 Å². The molecule has 0 aromatic heterocycles. The van der Waals surface area contributed by atoms with Gasteiger partial charge in [0.05, 0.1) is 5.76 Å². The molecule has 1 rings (SSSR count). The molecule has 0 radical (unpaired) electrons. The quantitative estimate of drug-likeness (QED) is 0.471. The van der Waals surface area contributed by atoms with Crippen molar-refractivity contribution < 1.29 is 9.47 Å². The normalized spacial score (nSPS) is 9.73. The van der Waals surface area contributed by atoms with E-state index >= 15 is 0 Å². The van der Waals surface area contributed by atoms with Gasteiger partial charge in [-0.1, -0.05) is 65.1 Å². The van der Waals surface area contributed by atoms with Gasteiger partial charge in [0.2, 0.25) is 6.79 Å². The molecule has 1 aromatic carbocycles. The summed E-state index contributed by atoms with van der Waals surface area (Å²) in [6.45, 7) is 20.9. The number of rotatable bonds is 9. The highest BCUT2D eigenvalue weighted by Crippen LogP contribution is 2.16. The van der Waals surface area contributed by atoms with Crippen molar-refractivity contribution in [3.8, 4) is 0 Å². The third-order valence-electron chi connectivity index (χ3n) is 3.12. The van der Waals surface area contributed by atoms with Crippen molar-refractivity contribution in [2.75, 3.05) is 19.9 Å². The van der Waals surface area contributed by atoms with E-state index in [-0.39, 0.29) is 6.79 Å². The summed E-state index contributed by atoms with van der Waals surface area (Å²) in [7, 11) is 0. The zero-order valence-corrected chi connectivity index (χ0v) is 14.8. The first-order valence-electron chi connectivity index (χ1n) is 7.98. The minimum atomic E-state index is 0.148. The third kappa shape index (κ3) is 7.89. The largest absolute Gasteiger partial charge is 0.463 e. The Balaban J connectivity index is 0.00000211. The van der Waals surface area contributed by atoms with Gasteiger partial charge >= 0.3 is 0 Å². The molecule has 0 spiro atoms. The fourth-order valence-corrected chi connectivity index (χ4v) is 1.79. The highest BCUT2D eigenvalue weighted by atomic mass is 16.7. The first-order valence-corrected chi connectivity index (χ1v) is 7.98. The van der Waals surface area contributed by atoms with E-state index in [1.807, 2.05) is 26.0 Å². The van der Waals surface area contributed by atoms with Crippen molar-refractivity contribution in [3.63, 3.8) is 0 Å². The molecule has 0 aliphatic rings. The summed E-state index contributed by atoms with van der Waals surface area (Å²) in [6, 6.07) is 8.29. The van der Waals surface area contributed by atoms with Crippen LogP contribution >= 0.6 is 0 Å². The molecule has 3 heteroatoms. The summed E-state index contributed by atoms with van der Waals surface area (Å²) in [4.78, 5) is 2.38. The number of ether oxygens (including phenoxy) is 2. The second kappa shape index (κ2) is 11.9. The zero-order chi connectivity index (χ0) is 17.0. The van der Waals surface area contributed by atoms with Crippen molar-refractivity contribution in [1.82, 2.24) is 4.90 Å². The van der Waals surface area contributed by atoms with Gasteiger partial charge in [-0.05, 0) is 25.6 Å². The molecule has 0 heterocycles. The maximum Gasteiger partial charge on any atom is 0.230 e. The molecule has 0 aliphatic carbocycles. The van der Waals surface area contributed by atoms with E-state index in [1.54, 1.807) is 6.92 Å². The Morgan fingerprint density at radius 1 is 1.00 bits per heavy atom. The van der Waals surface area contributed by atoms with Crippen molar-refractivity contribution in [2.24, 2.45) is 0 Å².